The lowest BCUT2D eigenvalue weighted by Gasteiger charge is -2.16. The van der Waals surface area contributed by atoms with Crippen LogP contribution in [0.3, 0.4) is 0 Å². The van der Waals surface area contributed by atoms with Crippen molar-refractivity contribution < 1.29 is 22.9 Å². The highest BCUT2D eigenvalue weighted by molar-refractivity contribution is 6.33. The third-order valence-corrected chi connectivity index (χ3v) is 3.75. The summed E-state index contributed by atoms with van der Waals surface area (Å²) in [5.41, 5.74) is -1.79. The Hall–Kier alpha value is -2.81. The Morgan fingerprint density at radius 3 is 2.42 bits per heavy atom. The van der Waals surface area contributed by atoms with Crippen molar-refractivity contribution in [3.05, 3.63) is 63.2 Å². The topological polar surface area (TPSA) is 84.3 Å². The molecule has 2 rings (SSSR count). The van der Waals surface area contributed by atoms with E-state index in [0.717, 1.165) is 6.07 Å². The maximum absolute atomic E-state index is 12.7. The van der Waals surface area contributed by atoms with Crippen molar-refractivity contribution in [1.29, 1.82) is 0 Å². The van der Waals surface area contributed by atoms with Gasteiger partial charge >= 0.3 is 6.18 Å². The zero-order valence-corrected chi connectivity index (χ0v) is 14.1. The van der Waals surface area contributed by atoms with Crippen molar-refractivity contribution in [2.75, 3.05) is 10.6 Å². The van der Waals surface area contributed by atoms with Crippen LogP contribution in [-0.2, 0) is 11.0 Å². The van der Waals surface area contributed by atoms with Crippen LogP contribution in [0.25, 0.3) is 0 Å². The van der Waals surface area contributed by atoms with Crippen molar-refractivity contribution >= 4 is 34.6 Å². The molecule has 1 amide bonds. The highest BCUT2D eigenvalue weighted by Crippen LogP contribution is 2.35. The van der Waals surface area contributed by atoms with Crippen molar-refractivity contribution in [2.45, 2.75) is 19.1 Å². The van der Waals surface area contributed by atoms with E-state index < -0.39 is 34.3 Å². The maximum Gasteiger partial charge on any atom is 0.416 e. The monoisotopic (exact) mass is 387 g/mol. The van der Waals surface area contributed by atoms with Crippen molar-refractivity contribution in [2.24, 2.45) is 0 Å². The van der Waals surface area contributed by atoms with E-state index >= 15 is 0 Å². The summed E-state index contributed by atoms with van der Waals surface area (Å²) in [5.74, 6) is -0.563. The number of anilines is 2. The Labute approximate surface area is 151 Å². The third kappa shape index (κ3) is 4.63. The molecular weight excluding hydrogens is 375 g/mol. The number of halogens is 4. The Morgan fingerprint density at radius 2 is 1.85 bits per heavy atom. The number of nitrogens with zero attached hydrogens (tertiary/aromatic N) is 1. The second-order valence-electron chi connectivity index (χ2n) is 5.32. The number of rotatable bonds is 5. The highest BCUT2D eigenvalue weighted by atomic mass is 35.5. The van der Waals surface area contributed by atoms with Gasteiger partial charge in [0.2, 0.25) is 5.91 Å². The Balaban J connectivity index is 2.20. The summed E-state index contributed by atoms with van der Waals surface area (Å²) >= 11 is 5.93. The molecule has 0 unspecified atom stereocenters. The van der Waals surface area contributed by atoms with Crippen molar-refractivity contribution in [3.63, 3.8) is 0 Å². The number of para-hydroxylation sites is 1. The van der Waals surface area contributed by atoms with Gasteiger partial charge in [0.05, 0.1) is 21.2 Å². The number of benzene rings is 2. The van der Waals surface area contributed by atoms with Gasteiger partial charge in [-0.2, -0.15) is 13.2 Å². The SMILES string of the molecule is C[C@H](Nc1ccc(C(F)(F)F)cc1[N+](=O)[O-])C(=O)Nc1ccccc1Cl. The van der Waals surface area contributed by atoms with Crippen molar-refractivity contribution in [1.82, 2.24) is 0 Å². The minimum absolute atomic E-state index is 0.204. The smallest absolute Gasteiger partial charge is 0.368 e. The van der Waals surface area contributed by atoms with Crippen LogP contribution in [-0.4, -0.2) is 16.9 Å². The molecule has 0 aliphatic heterocycles. The number of amides is 1. The van der Waals surface area contributed by atoms with Gasteiger partial charge in [0, 0.05) is 6.07 Å². The highest BCUT2D eigenvalue weighted by Gasteiger charge is 2.33. The van der Waals surface area contributed by atoms with Crippen LogP contribution in [0.15, 0.2) is 42.5 Å². The maximum atomic E-state index is 12.7. The number of nitrogens with one attached hydrogen (secondary N) is 2. The van der Waals surface area contributed by atoms with E-state index in [0.29, 0.717) is 22.8 Å². The van der Waals surface area contributed by atoms with Gasteiger partial charge in [-0.05, 0) is 31.2 Å². The standard InChI is InChI=1S/C16H13ClF3N3O3/c1-9(15(24)22-12-5-3-2-4-11(12)17)21-13-7-6-10(16(18,19)20)8-14(13)23(25)26/h2-9,21H,1H3,(H,22,24)/t9-/m0/s1. The van der Waals surface area contributed by atoms with Gasteiger partial charge in [0.1, 0.15) is 11.7 Å². The van der Waals surface area contributed by atoms with E-state index in [2.05, 4.69) is 10.6 Å². The third-order valence-electron chi connectivity index (χ3n) is 3.42. The van der Waals surface area contributed by atoms with E-state index in [9.17, 15) is 28.1 Å². The molecule has 2 aromatic rings. The molecule has 0 radical (unpaired) electrons. The van der Waals surface area contributed by atoms with Crippen molar-refractivity contribution in [3.8, 4) is 0 Å². The molecule has 1 atom stereocenters. The molecule has 0 aliphatic rings. The first-order valence-corrected chi connectivity index (χ1v) is 7.65. The van der Waals surface area contributed by atoms with Gasteiger partial charge < -0.3 is 10.6 Å². The van der Waals surface area contributed by atoms with Gasteiger partial charge in [0.15, 0.2) is 0 Å². The molecule has 2 aromatic carbocycles. The number of hydrogen-bond acceptors (Lipinski definition) is 4. The van der Waals surface area contributed by atoms with E-state index in [-0.39, 0.29) is 5.69 Å². The quantitative estimate of drug-likeness (QED) is 0.575. The minimum Gasteiger partial charge on any atom is -0.368 e. The molecule has 0 spiro atoms. The molecule has 0 fully saturated rings. The summed E-state index contributed by atoms with van der Waals surface area (Å²) in [6, 6.07) is 7.52. The van der Waals surface area contributed by atoms with E-state index in [1.165, 1.54) is 6.92 Å². The first-order chi connectivity index (χ1) is 12.1. The fraction of sp³-hybridized carbons (Fsp3) is 0.188. The number of nitro benzene ring substituents is 1. The zero-order valence-electron chi connectivity index (χ0n) is 13.3. The molecule has 0 aromatic heterocycles. The molecule has 10 heteroatoms. The van der Waals surface area contributed by atoms with Gasteiger partial charge in [-0.15, -0.1) is 0 Å². The zero-order chi connectivity index (χ0) is 19.5. The van der Waals surface area contributed by atoms with Crippen LogP contribution in [0.5, 0.6) is 0 Å². The van der Waals surface area contributed by atoms with E-state index in [1.54, 1.807) is 24.3 Å². The molecule has 2 N–H and O–H groups in total. The average molecular weight is 388 g/mol. The Kier molecular flexibility index (Phi) is 5.71. The van der Waals surface area contributed by atoms with Gasteiger partial charge in [0.25, 0.3) is 5.69 Å². The lowest BCUT2D eigenvalue weighted by atomic mass is 10.1. The van der Waals surface area contributed by atoms with Gasteiger partial charge in [-0.3, -0.25) is 14.9 Å². The predicted octanol–water partition coefficient (Wildman–Crippen LogP) is 4.71. The Morgan fingerprint density at radius 1 is 1.19 bits per heavy atom. The second kappa shape index (κ2) is 7.61. The first kappa shape index (κ1) is 19.5. The summed E-state index contributed by atoms with van der Waals surface area (Å²) in [6.07, 6.45) is -4.71. The van der Waals surface area contributed by atoms with Gasteiger partial charge in [-0.25, -0.2) is 0 Å². The van der Waals surface area contributed by atoms with Gasteiger partial charge in [-0.1, -0.05) is 23.7 Å². The van der Waals surface area contributed by atoms with Crippen LogP contribution in [0.4, 0.5) is 30.2 Å². The summed E-state index contributed by atoms with van der Waals surface area (Å²) < 4.78 is 38.1. The molecule has 0 saturated heterocycles. The summed E-state index contributed by atoms with van der Waals surface area (Å²) in [5, 5.41) is 16.4. The fourth-order valence-corrected chi connectivity index (χ4v) is 2.27. The first-order valence-electron chi connectivity index (χ1n) is 7.27. The summed E-state index contributed by atoms with van der Waals surface area (Å²) in [4.78, 5) is 22.3. The lowest BCUT2D eigenvalue weighted by Crippen LogP contribution is -2.32. The van der Waals surface area contributed by atoms with Crippen LogP contribution < -0.4 is 10.6 Å². The van der Waals surface area contributed by atoms with Crippen LogP contribution in [0.1, 0.15) is 12.5 Å². The minimum atomic E-state index is -4.71. The molecule has 0 heterocycles. The number of alkyl halides is 3. The Bertz CT molecular complexity index is 843. The summed E-state index contributed by atoms with van der Waals surface area (Å²) in [7, 11) is 0. The second-order valence-corrected chi connectivity index (χ2v) is 5.73. The molecule has 0 aliphatic carbocycles. The molecular formula is C16H13ClF3N3O3. The number of carbonyl (C=O) groups excluding carboxylic acids is 1. The molecule has 26 heavy (non-hydrogen) atoms. The molecule has 0 saturated carbocycles. The average Bonchev–Trinajstić information content (AvgIpc) is 2.56. The van der Waals surface area contributed by atoms with Crippen LogP contribution >= 0.6 is 11.6 Å². The van der Waals surface area contributed by atoms with Crippen LogP contribution in [0.2, 0.25) is 5.02 Å². The number of carbonyl (C=O) groups is 1. The fourth-order valence-electron chi connectivity index (χ4n) is 2.08. The largest absolute Gasteiger partial charge is 0.416 e. The van der Waals surface area contributed by atoms with E-state index in [1.807, 2.05) is 0 Å². The lowest BCUT2D eigenvalue weighted by molar-refractivity contribution is -0.384. The normalized spacial score (nSPS) is 12.3. The molecule has 138 valence electrons. The molecule has 6 nitrogen and oxygen atoms in total. The molecule has 0 bridgehead atoms. The number of hydrogen-bond donors (Lipinski definition) is 2. The predicted molar refractivity (Wildman–Crippen MR) is 91.3 cm³/mol. The number of nitro groups is 1. The summed E-state index contributed by atoms with van der Waals surface area (Å²) in [6.45, 7) is 1.41. The van der Waals surface area contributed by atoms with E-state index in [4.69, 9.17) is 11.6 Å². The van der Waals surface area contributed by atoms with Crippen LogP contribution in [0, 0.1) is 10.1 Å².